The number of esters is 1. The summed E-state index contributed by atoms with van der Waals surface area (Å²) in [5.74, 6) is 0.0287. The average molecular weight is 353 g/mol. The lowest BCUT2D eigenvalue weighted by Gasteiger charge is -2.56. The van der Waals surface area contributed by atoms with Crippen molar-refractivity contribution in [2.24, 2.45) is 23.2 Å². The van der Waals surface area contributed by atoms with Crippen molar-refractivity contribution in [1.29, 1.82) is 5.26 Å². The van der Waals surface area contributed by atoms with Crippen LogP contribution in [0.3, 0.4) is 0 Å². The van der Waals surface area contributed by atoms with Crippen LogP contribution in [0.1, 0.15) is 54.4 Å². The molecule has 5 aliphatic carbocycles. The van der Waals surface area contributed by atoms with Gasteiger partial charge in [-0.3, -0.25) is 4.79 Å². The number of carbonyl (C=O) groups is 2. The second-order valence-electron chi connectivity index (χ2n) is 8.81. The Morgan fingerprint density at radius 3 is 2.35 bits per heavy atom. The zero-order valence-corrected chi connectivity index (χ0v) is 14.5. The van der Waals surface area contributed by atoms with Gasteiger partial charge in [0.2, 0.25) is 5.41 Å². The number of benzene rings is 1. The highest BCUT2D eigenvalue weighted by Gasteiger charge is 2.58. The van der Waals surface area contributed by atoms with Gasteiger partial charge in [0, 0.05) is 12.0 Å². The molecule has 4 saturated carbocycles. The fraction of sp³-hybridized carbons (Fsp3) is 0.571. The summed E-state index contributed by atoms with van der Waals surface area (Å²) in [6, 6.07) is 5.72. The first-order chi connectivity index (χ1) is 12.4. The zero-order valence-electron chi connectivity index (χ0n) is 14.5. The van der Waals surface area contributed by atoms with Crippen molar-refractivity contribution in [3.63, 3.8) is 0 Å². The number of ether oxygens (including phenoxy) is 1. The van der Waals surface area contributed by atoms with Gasteiger partial charge < -0.3 is 4.74 Å². The fourth-order valence-electron chi connectivity index (χ4n) is 6.27. The maximum absolute atomic E-state index is 13.5. The van der Waals surface area contributed by atoms with Gasteiger partial charge in [-0.2, -0.15) is 5.26 Å². The van der Waals surface area contributed by atoms with Gasteiger partial charge in [-0.05, 0) is 80.0 Å². The van der Waals surface area contributed by atoms with Gasteiger partial charge in [0.1, 0.15) is 11.4 Å². The van der Waals surface area contributed by atoms with E-state index in [1.807, 2.05) is 6.07 Å². The third-order valence-corrected chi connectivity index (χ3v) is 6.99. The summed E-state index contributed by atoms with van der Waals surface area (Å²) in [6.07, 6.45) is 6.09. The van der Waals surface area contributed by atoms with Gasteiger partial charge in [-0.1, -0.05) is 0 Å². The lowest BCUT2D eigenvalue weighted by molar-refractivity contribution is -0.192. The Labute approximate surface area is 151 Å². The molecule has 0 aromatic heterocycles. The van der Waals surface area contributed by atoms with E-state index in [0.29, 0.717) is 23.3 Å². The third-order valence-electron chi connectivity index (χ3n) is 6.99. The molecule has 0 heterocycles. The average Bonchev–Trinajstić information content (AvgIpc) is 2.85. The number of carbonyl (C=O) groups excluding carboxylic acids is 2. The molecule has 0 N–H and O–H groups in total. The lowest BCUT2D eigenvalue weighted by atomic mass is 9.54. The lowest BCUT2D eigenvalue weighted by Crippen LogP contribution is -2.54. The summed E-state index contributed by atoms with van der Waals surface area (Å²) >= 11 is 0. The van der Waals surface area contributed by atoms with Crippen LogP contribution >= 0.6 is 0 Å². The molecular formula is C21H20FNO3. The van der Waals surface area contributed by atoms with Crippen molar-refractivity contribution < 1.29 is 18.7 Å². The van der Waals surface area contributed by atoms with Gasteiger partial charge in [-0.25, -0.2) is 9.18 Å². The molecule has 0 unspecified atom stereocenters. The quantitative estimate of drug-likeness (QED) is 0.602. The molecule has 0 radical (unpaired) electrons. The van der Waals surface area contributed by atoms with E-state index in [0.717, 1.165) is 19.3 Å². The molecule has 4 bridgehead atoms. The van der Waals surface area contributed by atoms with Crippen molar-refractivity contribution in [1.82, 2.24) is 0 Å². The van der Waals surface area contributed by atoms with Gasteiger partial charge in [0.05, 0.1) is 6.07 Å². The first-order valence-electron chi connectivity index (χ1n) is 9.41. The number of Topliss-reactive ketones (excluding diaryl/α,β-unsaturated/α-hetero) is 1. The molecule has 0 amide bonds. The van der Waals surface area contributed by atoms with Crippen LogP contribution in [-0.2, 0) is 16.0 Å². The minimum atomic E-state index is -1.86. The van der Waals surface area contributed by atoms with E-state index < -0.39 is 28.6 Å². The smallest absolute Gasteiger partial charge is 0.335 e. The number of hydrogen-bond acceptors (Lipinski definition) is 4. The van der Waals surface area contributed by atoms with Gasteiger partial charge in [0.15, 0.2) is 5.78 Å². The van der Waals surface area contributed by atoms with E-state index in [1.165, 1.54) is 37.5 Å². The minimum absolute atomic E-state index is 0.0966. The Morgan fingerprint density at radius 2 is 1.77 bits per heavy atom. The Morgan fingerprint density at radius 1 is 1.15 bits per heavy atom. The topological polar surface area (TPSA) is 67.2 Å². The predicted molar refractivity (Wildman–Crippen MR) is 89.5 cm³/mol. The summed E-state index contributed by atoms with van der Waals surface area (Å²) < 4.78 is 19.5. The van der Waals surface area contributed by atoms with Gasteiger partial charge in [0.25, 0.3) is 0 Å². The number of nitriles is 1. The molecule has 6 rings (SSSR count). The molecule has 4 nitrogen and oxygen atoms in total. The summed E-state index contributed by atoms with van der Waals surface area (Å²) in [5, 5.41) is 9.75. The molecule has 5 heteroatoms. The molecule has 0 saturated heterocycles. The van der Waals surface area contributed by atoms with Crippen molar-refractivity contribution in [2.45, 2.75) is 50.5 Å². The maximum Gasteiger partial charge on any atom is 0.335 e. The van der Waals surface area contributed by atoms with Gasteiger partial charge in [-0.15, -0.1) is 0 Å². The van der Waals surface area contributed by atoms with Crippen LogP contribution in [0.4, 0.5) is 4.39 Å². The largest absolute Gasteiger partial charge is 0.458 e. The Bertz CT molecular complexity index is 835. The van der Waals surface area contributed by atoms with Crippen LogP contribution in [0.5, 0.6) is 0 Å². The van der Waals surface area contributed by atoms with Crippen LogP contribution in [-0.4, -0.2) is 17.4 Å². The Hall–Kier alpha value is -2.22. The summed E-state index contributed by atoms with van der Waals surface area (Å²) in [5.41, 5.74) is -1.69. The van der Waals surface area contributed by atoms with Crippen molar-refractivity contribution in [3.05, 3.63) is 35.1 Å². The molecular weight excluding hydrogens is 333 g/mol. The van der Waals surface area contributed by atoms with Crippen molar-refractivity contribution >= 4 is 11.8 Å². The molecule has 5 aliphatic rings. The predicted octanol–water partition coefficient (Wildman–Crippen LogP) is 3.59. The van der Waals surface area contributed by atoms with Crippen LogP contribution < -0.4 is 0 Å². The summed E-state index contributed by atoms with van der Waals surface area (Å²) in [6.45, 7) is 0. The molecule has 1 aromatic carbocycles. The first-order valence-corrected chi connectivity index (χ1v) is 9.41. The number of ketones is 1. The molecule has 26 heavy (non-hydrogen) atoms. The summed E-state index contributed by atoms with van der Waals surface area (Å²) in [7, 11) is 0. The molecule has 0 aliphatic heterocycles. The second-order valence-corrected chi connectivity index (χ2v) is 8.81. The van der Waals surface area contributed by atoms with Crippen molar-refractivity contribution in [2.75, 3.05) is 0 Å². The van der Waals surface area contributed by atoms with Crippen LogP contribution in [0.25, 0.3) is 0 Å². The normalized spacial score (nSPS) is 39.5. The van der Waals surface area contributed by atoms with Crippen LogP contribution in [0, 0.1) is 40.3 Å². The van der Waals surface area contributed by atoms with Gasteiger partial charge >= 0.3 is 5.97 Å². The molecule has 4 fully saturated rings. The van der Waals surface area contributed by atoms with E-state index in [4.69, 9.17) is 4.74 Å². The molecule has 0 spiro atoms. The van der Waals surface area contributed by atoms with Crippen LogP contribution in [0.2, 0.25) is 0 Å². The number of halogens is 1. The van der Waals surface area contributed by atoms with E-state index in [2.05, 4.69) is 0 Å². The van der Waals surface area contributed by atoms with Crippen LogP contribution in [0.15, 0.2) is 18.2 Å². The van der Waals surface area contributed by atoms with E-state index in [9.17, 15) is 19.2 Å². The number of fused-ring (bicyclic) bond motifs is 1. The highest BCUT2D eigenvalue weighted by molar-refractivity contribution is 6.18. The summed E-state index contributed by atoms with van der Waals surface area (Å²) in [4.78, 5) is 25.9. The fourth-order valence-corrected chi connectivity index (χ4v) is 6.27. The number of rotatable bonds is 2. The van der Waals surface area contributed by atoms with E-state index in [-0.39, 0.29) is 12.0 Å². The SMILES string of the molecule is N#C[C@]1(C(=O)OC23CC4CC(CC(C4)C2)C3)Cc2cc(F)ccc2C1=O. The molecule has 1 aromatic rings. The van der Waals surface area contributed by atoms with E-state index >= 15 is 0 Å². The second kappa shape index (κ2) is 5.16. The molecule has 1 atom stereocenters. The van der Waals surface area contributed by atoms with E-state index in [1.54, 1.807) is 0 Å². The molecule has 134 valence electrons. The third kappa shape index (κ3) is 2.11. The highest BCUT2D eigenvalue weighted by Crippen LogP contribution is 2.57. The highest BCUT2D eigenvalue weighted by atomic mass is 19.1. The maximum atomic E-state index is 13.5. The Kier molecular flexibility index (Phi) is 3.17. The minimum Gasteiger partial charge on any atom is -0.458 e. The Balaban J connectivity index is 1.45. The van der Waals surface area contributed by atoms with Crippen molar-refractivity contribution in [3.8, 4) is 6.07 Å². The number of nitrogens with zero attached hydrogens (tertiary/aromatic N) is 1. The standard InChI is InChI=1S/C21H20FNO3/c22-16-1-2-17-15(6-16)10-21(11-23,18(17)24)19(25)26-20-7-12-3-13(8-20)5-14(4-12)9-20/h1-2,6,12-14H,3-5,7-10H2/t12?,13?,14?,20?,21-/m1/s1. The number of hydrogen-bond donors (Lipinski definition) is 0. The monoisotopic (exact) mass is 353 g/mol. The first kappa shape index (κ1) is 16.0. The zero-order chi connectivity index (χ0) is 18.1.